The van der Waals surface area contributed by atoms with Crippen molar-refractivity contribution in [1.29, 1.82) is 0 Å². The van der Waals surface area contributed by atoms with Gasteiger partial charge in [-0.1, -0.05) is 17.3 Å². The number of alkyl halides is 1. The predicted octanol–water partition coefficient (Wildman–Crippen LogP) is 1.98. The van der Waals surface area contributed by atoms with E-state index in [1.165, 1.54) is 21.7 Å². The molecule has 0 spiro atoms. The first-order valence-corrected chi connectivity index (χ1v) is 10.1. The van der Waals surface area contributed by atoms with Crippen molar-refractivity contribution in [3.05, 3.63) is 47.5 Å². The quantitative estimate of drug-likeness (QED) is 0.805. The van der Waals surface area contributed by atoms with E-state index in [2.05, 4.69) is 15.6 Å². The van der Waals surface area contributed by atoms with Crippen LogP contribution in [0.2, 0.25) is 0 Å². The highest BCUT2D eigenvalue weighted by molar-refractivity contribution is 5.92. The number of likely N-dealkylation sites (tertiary alicyclic amines) is 2. The van der Waals surface area contributed by atoms with Crippen molar-refractivity contribution < 1.29 is 18.4 Å². The highest BCUT2D eigenvalue weighted by Crippen LogP contribution is 2.22. The summed E-state index contributed by atoms with van der Waals surface area (Å²) < 4.78 is 28.6. The molecule has 2 saturated heterocycles. The number of hydrogen-bond acceptors (Lipinski definition) is 4. The Morgan fingerprint density at radius 3 is 2.63 bits per heavy atom. The van der Waals surface area contributed by atoms with E-state index in [-0.39, 0.29) is 43.5 Å². The van der Waals surface area contributed by atoms with E-state index in [0.717, 1.165) is 31.5 Å². The fourth-order valence-corrected chi connectivity index (χ4v) is 3.95. The number of nitrogens with one attached hydrogen (secondary N) is 1. The SMILES string of the molecule is O=C(c1cn(C[C@@H]2C[C@H](F)CN2C(=O)NCc2ccc(F)cc2)nn1)N1CCCC1. The third-order valence-electron chi connectivity index (χ3n) is 5.53. The van der Waals surface area contributed by atoms with Gasteiger partial charge in [0.25, 0.3) is 5.91 Å². The molecule has 1 aromatic heterocycles. The van der Waals surface area contributed by atoms with Crippen molar-refractivity contribution in [3.63, 3.8) is 0 Å². The van der Waals surface area contributed by atoms with Gasteiger partial charge in [-0.15, -0.1) is 5.10 Å². The third-order valence-corrected chi connectivity index (χ3v) is 5.53. The number of nitrogens with zero attached hydrogens (tertiary/aromatic N) is 5. The molecular weight excluding hydrogens is 394 g/mol. The Hall–Kier alpha value is -3.04. The molecule has 2 fully saturated rings. The lowest BCUT2D eigenvalue weighted by molar-refractivity contribution is 0.0787. The molecule has 0 aliphatic carbocycles. The summed E-state index contributed by atoms with van der Waals surface area (Å²) in [6.45, 7) is 1.91. The maximum Gasteiger partial charge on any atom is 0.318 e. The van der Waals surface area contributed by atoms with Crippen LogP contribution in [0.5, 0.6) is 0 Å². The standard InChI is InChI=1S/C20H24F2N6O2/c21-15-5-3-14(4-6-15)10-23-20(30)28-11-16(22)9-17(28)12-27-13-18(24-25-27)19(29)26-7-1-2-8-26/h3-6,13,16-17H,1-2,7-12H2,(H,23,30)/t16-,17-/m0/s1. The van der Waals surface area contributed by atoms with Gasteiger partial charge in [0.2, 0.25) is 0 Å². The first kappa shape index (κ1) is 20.2. The summed E-state index contributed by atoms with van der Waals surface area (Å²) in [6, 6.07) is 5.03. The number of aromatic nitrogens is 3. The van der Waals surface area contributed by atoms with Crippen LogP contribution in [-0.4, -0.2) is 68.6 Å². The van der Waals surface area contributed by atoms with Gasteiger partial charge >= 0.3 is 6.03 Å². The van der Waals surface area contributed by atoms with Crippen LogP contribution in [0.3, 0.4) is 0 Å². The molecule has 2 atom stereocenters. The number of amides is 3. The van der Waals surface area contributed by atoms with Crippen molar-refractivity contribution in [3.8, 4) is 0 Å². The van der Waals surface area contributed by atoms with Gasteiger partial charge in [0.05, 0.1) is 25.3 Å². The Bertz CT molecular complexity index is 897. The molecule has 2 aliphatic heterocycles. The zero-order valence-corrected chi connectivity index (χ0v) is 16.5. The lowest BCUT2D eigenvalue weighted by Gasteiger charge is -2.24. The molecule has 1 aromatic carbocycles. The molecule has 2 aliphatic rings. The zero-order valence-electron chi connectivity index (χ0n) is 16.5. The van der Waals surface area contributed by atoms with Gasteiger partial charge in [-0.2, -0.15) is 0 Å². The number of carbonyl (C=O) groups is 2. The Morgan fingerprint density at radius 1 is 1.17 bits per heavy atom. The number of urea groups is 1. The van der Waals surface area contributed by atoms with Gasteiger partial charge in [-0.25, -0.2) is 18.3 Å². The molecule has 0 saturated carbocycles. The van der Waals surface area contributed by atoms with E-state index >= 15 is 0 Å². The normalized spacial score (nSPS) is 21.3. The minimum absolute atomic E-state index is 0.00577. The summed E-state index contributed by atoms with van der Waals surface area (Å²) in [4.78, 5) is 28.2. The Balaban J connectivity index is 1.36. The van der Waals surface area contributed by atoms with E-state index in [4.69, 9.17) is 0 Å². The van der Waals surface area contributed by atoms with Gasteiger partial charge in [-0.05, 0) is 30.5 Å². The first-order valence-electron chi connectivity index (χ1n) is 10.1. The van der Waals surface area contributed by atoms with E-state index in [1.807, 2.05) is 0 Å². The molecular formula is C20H24F2N6O2. The summed E-state index contributed by atoms with van der Waals surface area (Å²) in [7, 11) is 0. The van der Waals surface area contributed by atoms with Gasteiger partial charge in [0.15, 0.2) is 5.69 Å². The fourth-order valence-electron chi connectivity index (χ4n) is 3.95. The molecule has 160 valence electrons. The highest BCUT2D eigenvalue weighted by Gasteiger charge is 2.36. The van der Waals surface area contributed by atoms with Crippen molar-refractivity contribution in [2.24, 2.45) is 0 Å². The van der Waals surface area contributed by atoms with E-state index in [9.17, 15) is 18.4 Å². The summed E-state index contributed by atoms with van der Waals surface area (Å²) in [6.07, 6.45) is 2.60. The number of benzene rings is 1. The Kier molecular flexibility index (Phi) is 5.91. The van der Waals surface area contributed by atoms with Crippen molar-refractivity contribution in [2.45, 2.75) is 44.6 Å². The summed E-state index contributed by atoms with van der Waals surface area (Å²) in [5.74, 6) is -0.497. The van der Waals surface area contributed by atoms with E-state index < -0.39 is 18.2 Å². The van der Waals surface area contributed by atoms with E-state index in [0.29, 0.717) is 0 Å². The summed E-state index contributed by atoms with van der Waals surface area (Å²) >= 11 is 0. The number of carbonyl (C=O) groups excluding carboxylic acids is 2. The third kappa shape index (κ3) is 4.58. The minimum atomic E-state index is -1.12. The molecule has 3 amide bonds. The molecule has 0 radical (unpaired) electrons. The van der Waals surface area contributed by atoms with E-state index in [1.54, 1.807) is 23.2 Å². The summed E-state index contributed by atoms with van der Waals surface area (Å²) in [5, 5.41) is 10.7. The maximum absolute atomic E-state index is 14.1. The molecule has 0 bridgehead atoms. The van der Waals surface area contributed by atoms with Crippen molar-refractivity contribution >= 4 is 11.9 Å². The number of halogens is 2. The lowest BCUT2D eigenvalue weighted by atomic mass is 10.2. The van der Waals surface area contributed by atoms with Crippen molar-refractivity contribution in [1.82, 2.24) is 30.1 Å². The van der Waals surface area contributed by atoms with Crippen LogP contribution in [0.4, 0.5) is 13.6 Å². The van der Waals surface area contributed by atoms with Crippen LogP contribution >= 0.6 is 0 Å². The van der Waals surface area contributed by atoms with Crippen LogP contribution in [0.15, 0.2) is 30.5 Å². The lowest BCUT2D eigenvalue weighted by Crippen LogP contribution is -2.44. The van der Waals surface area contributed by atoms with Gasteiger partial charge in [0.1, 0.15) is 12.0 Å². The van der Waals surface area contributed by atoms with Gasteiger partial charge < -0.3 is 15.1 Å². The second-order valence-corrected chi connectivity index (χ2v) is 7.75. The largest absolute Gasteiger partial charge is 0.337 e. The maximum atomic E-state index is 14.1. The predicted molar refractivity (Wildman–Crippen MR) is 104 cm³/mol. The average Bonchev–Trinajstić information content (AvgIpc) is 3.48. The molecule has 2 aromatic rings. The van der Waals surface area contributed by atoms with Gasteiger partial charge in [0, 0.05) is 26.1 Å². The second-order valence-electron chi connectivity index (χ2n) is 7.75. The second kappa shape index (κ2) is 8.76. The van der Waals surface area contributed by atoms with Crippen LogP contribution in [0, 0.1) is 5.82 Å². The Labute approximate surface area is 172 Å². The minimum Gasteiger partial charge on any atom is -0.337 e. The highest BCUT2D eigenvalue weighted by atomic mass is 19.1. The average molecular weight is 418 g/mol. The van der Waals surface area contributed by atoms with Crippen LogP contribution in [0.1, 0.15) is 35.3 Å². The van der Waals surface area contributed by atoms with Crippen LogP contribution < -0.4 is 5.32 Å². The first-order chi connectivity index (χ1) is 14.5. The zero-order chi connectivity index (χ0) is 21.1. The molecule has 1 N–H and O–H groups in total. The fraction of sp³-hybridized carbons (Fsp3) is 0.500. The van der Waals surface area contributed by atoms with Crippen molar-refractivity contribution in [2.75, 3.05) is 19.6 Å². The molecule has 10 heteroatoms. The molecule has 30 heavy (non-hydrogen) atoms. The van der Waals surface area contributed by atoms with Gasteiger partial charge in [-0.3, -0.25) is 4.79 Å². The molecule has 3 heterocycles. The smallest absolute Gasteiger partial charge is 0.318 e. The number of rotatable bonds is 5. The van der Waals surface area contributed by atoms with Crippen LogP contribution in [0.25, 0.3) is 0 Å². The summed E-state index contributed by atoms with van der Waals surface area (Å²) in [5.41, 5.74) is 1.01. The monoisotopic (exact) mass is 418 g/mol. The molecule has 8 nitrogen and oxygen atoms in total. The Morgan fingerprint density at radius 2 is 1.90 bits per heavy atom. The number of hydrogen-bond donors (Lipinski definition) is 1. The molecule has 0 unspecified atom stereocenters. The van der Waals surface area contributed by atoms with Crippen LogP contribution in [-0.2, 0) is 13.1 Å². The molecule has 4 rings (SSSR count). The topological polar surface area (TPSA) is 83.4 Å².